The van der Waals surface area contributed by atoms with Crippen LogP contribution in [0.2, 0.25) is 0 Å². The SMILES string of the molecule is C1=CC2NC(c3ccc(-c4c5ccccc5c(-c5cccc6ccccc56)c5ccccc45)cc3)=C(c3ccccc3)N2C=C1. The summed E-state index contributed by atoms with van der Waals surface area (Å²) in [6.07, 6.45) is 8.69. The van der Waals surface area contributed by atoms with Crippen molar-refractivity contribution in [1.82, 2.24) is 10.2 Å². The van der Waals surface area contributed by atoms with Crippen molar-refractivity contribution in [1.29, 1.82) is 0 Å². The van der Waals surface area contributed by atoms with Gasteiger partial charge in [-0.15, -0.1) is 0 Å². The van der Waals surface area contributed by atoms with Crippen LogP contribution in [0.5, 0.6) is 0 Å². The fraction of sp³-hybridized carbons (Fsp3) is 0.0233. The molecule has 0 saturated heterocycles. The second kappa shape index (κ2) is 10.4. The lowest BCUT2D eigenvalue weighted by molar-refractivity contribution is 0.443. The molecule has 1 atom stereocenters. The van der Waals surface area contributed by atoms with Crippen molar-refractivity contribution in [3.05, 3.63) is 181 Å². The van der Waals surface area contributed by atoms with E-state index in [4.69, 9.17) is 0 Å². The molecule has 212 valence electrons. The van der Waals surface area contributed by atoms with Gasteiger partial charge in [-0.05, 0) is 72.3 Å². The fourth-order valence-corrected chi connectivity index (χ4v) is 7.26. The Morgan fingerprint density at radius 2 is 1.02 bits per heavy atom. The van der Waals surface area contributed by atoms with Gasteiger partial charge in [-0.1, -0.05) is 152 Å². The third-order valence-corrected chi connectivity index (χ3v) is 9.24. The first kappa shape index (κ1) is 25.6. The molecule has 0 fully saturated rings. The van der Waals surface area contributed by atoms with Crippen molar-refractivity contribution in [2.75, 3.05) is 0 Å². The van der Waals surface area contributed by atoms with Gasteiger partial charge in [0.1, 0.15) is 6.17 Å². The molecule has 0 bridgehead atoms. The van der Waals surface area contributed by atoms with Crippen LogP contribution in [-0.4, -0.2) is 11.1 Å². The molecule has 0 amide bonds. The van der Waals surface area contributed by atoms with Gasteiger partial charge in [-0.25, -0.2) is 0 Å². The Hall–Kier alpha value is -5.86. The Morgan fingerprint density at radius 3 is 1.73 bits per heavy atom. The zero-order chi connectivity index (χ0) is 29.7. The van der Waals surface area contributed by atoms with Gasteiger partial charge in [-0.2, -0.15) is 0 Å². The van der Waals surface area contributed by atoms with Gasteiger partial charge in [0.15, 0.2) is 0 Å². The van der Waals surface area contributed by atoms with E-state index in [9.17, 15) is 0 Å². The monoisotopic (exact) mass is 574 g/mol. The van der Waals surface area contributed by atoms with Gasteiger partial charge >= 0.3 is 0 Å². The minimum absolute atomic E-state index is 0.106. The standard InChI is InChI=1S/C43H30N2/c1-2-14-32(15-3-1)43-42(44-39-23-10-11-28-45(39)43)31-26-24-30(25-27-31)40-35-18-6-8-20-37(35)41(38-21-9-7-19-36(38)40)34-22-12-16-29-13-4-5-17-33(29)34/h1-28,39,44H. The summed E-state index contributed by atoms with van der Waals surface area (Å²) in [5.41, 5.74) is 9.78. The lowest BCUT2D eigenvalue weighted by atomic mass is 9.84. The van der Waals surface area contributed by atoms with Gasteiger partial charge in [0.25, 0.3) is 0 Å². The van der Waals surface area contributed by atoms with Crippen LogP contribution in [0, 0.1) is 0 Å². The Bertz CT molecular complexity index is 2280. The van der Waals surface area contributed by atoms with Gasteiger partial charge in [0.2, 0.25) is 0 Å². The molecule has 2 aliphatic heterocycles. The van der Waals surface area contributed by atoms with Crippen LogP contribution >= 0.6 is 0 Å². The summed E-state index contributed by atoms with van der Waals surface area (Å²) in [4.78, 5) is 2.33. The van der Waals surface area contributed by atoms with Crippen molar-refractivity contribution in [3.8, 4) is 22.3 Å². The summed E-state index contributed by atoms with van der Waals surface area (Å²) in [5, 5.41) is 11.4. The van der Waals surface area contributed by atoms with E-state index < -0.39 is 0 Å². The number of benzene rings is 7. The first-order valence-corrected chi connectivity index (χ1v) is 15.6. The molecule has 45 heavy (non-hydrogen) atoms. The Kier molecular flexibility index (Phi) is 5.92. The molecule has 0 aromatic heterocycles. The topological polar surface area (TPSA) is 15.3 Å². The molecule has 2 nitrogen and oxygen atoms in total. The van der Waals surface area contributed by atoms with E-state index in [2.05, 4.69) is 180 Å². The summed E-state index contributed by atoms with van der Waals surface area (Å²) in [6.45, 7) is 0. The number of allylic oxidation sites excluding steroid dienone is 2. The van der Waals surface area contributed by atoms with Crippen LogP contribution in [-0.2, 0) is 0 Å². The van der Waals surface area contributed by atoms with Crippen molar-refractivity contribution in [3.63, 3.8) is 0 Å². The van der Waals surface area contributed by atoms with Crippen molar-refractivity contribution < 1.29 is 0 Å². The van der Waals surface area contributed by atoms with Crippen LogP contribution in [0.3, 0.4) is 0 Å². The van der Waals surface area contributed by atoms with E-state index >= 15 is 0 Å². The highest BCUT2D eigenvalue weighted by Gasteiger charge is 2.31. The lowest BCUT2D eigenvalue weighted by Crippen LogP contribution is -2.32. The van der Waals surface area contributed by atoms with E-state index in [-0.39, 0.29) is 6.17 Å². The van der Waals surface area contributed by atoms with E-state index in [1.54, 1.807) is 0 Å². The molecule has 0 radical (unpaired) electrons. The molecule has 7 aromatic rings. The maximum absolute atomic E-state index is 3.78. The molecule has 1 N–H and O–H groups in total. The highest BCUT2D eigenvalue weighted by atomic mass is 15.3. The minimum Gasteiger partial charge on any atom is -0.359 e. The number of hydrogen-bond donors (Lipinski definition) is 1. The molecule has 0 saturated carbocycles. The first-order valence-electron chi connectivity index (χ1n) is 15.6. The van der Waals surface area contributed by atoms with Crippen LogP contribution in [0.25, 0.3) is 66.0 Å². The molecule has 1 unspecified atom stereocenters. The van der Waals surface area contributed by atoms with Crippen LogP contribution < -0.4 is 5.32 Å². The highest BCUT2D eigenvalue weighted by Crippen LogP contribution is 2.45. The Labute approximate surface area is 262 Å². The van der Waals surface area contributed by atoms with Crippen LogP contribution in [0.4, 0.5) is 0 Å². The predicted molar refractivity (Wildman–Crippen MR) is 190 cm³/mol. The zero-order valence-electron chi connectivity index (χ0n) is 24.7. The zero-order valence-corrected chi connectivity index (χ0v) is 24.7. The predicted octanol–water partition coefficient (Wildman–Crippen LogP) is 10.6. The summed E-state index contributed by atoms with van der Waals surface area (Å²) in [5.74, 6) is 0. The molecule has 0 spiro atoms. The first-order chi connectivity index (χ1) is 22.3. The average Bonchev–Trinajstić information content (AvgIpc) is 3.51. The van der Waals surface area contributed by atoms with Crippen molar-refractivity contribution >= 4 is 43.7 Å². The number of hydrogen-bond acceptors (Lipinski definition) is 2. The average molecular weight is 575 g/mol. The van der Waals surface area contributed by atoms with E-state index in [0.717, 1.165) is 5.70 Å². The molecule has 2 aliphatic rings. The van der Waals surface area contributed by atoms with E-state index in [0.29, 0.717) is 0 Å². The number of nitrogens with one attached hydrogen (secondary N) is 1. The quantitative estimate of drug-likeness (QED) is 0.210. The highest BCUT2D eigenvalue weighted by molar-refractivity contribution is 6.23. The molecular formula is C43H30N2. The van der Waals surface area contributed by atoms with E-state index in [1.165, 1.54) is 71.4 Å². The minimum atomic E-state index is 0.106. The largest absolute Gasteiger partial charge is 0.359 e. The number of nitrogens with zero attached hydrogens (tertiary/aromatic N) is 1. The van der Waals surface area contributed by atoms with Crippen LogP contribution in [0.1, 0.15) is 11.1 Å². The summed E-state index contributed by atoms with van der Waals surface area (Å²) < 4.78 is 0. The smallest absolute Gasteiger partial charge is 0.123 e. The summed E-state index contributed by atoms with van der Waals surface area (Å²) in [7, 11) is 0. The summed E-state index contributed by atoms with van der Waals surface area (Å²) in [6, 6.07) is 53.0. The summed E-state index contributed by atoms with van der Waals surface area (Å²) >= 11 is 0. The molecule has 7 aromatic carbocycles. The van der Waals surface area contributed by atoms with Crippen molar-refractivity contribution in [2.45, 2.75) is 6.17 Å². The second-order valence-electron chi connectivity index (χ2n) is 11.8. The molecule has 9 rings (SSSR count). The van der Waals surface area contributed by atoms with E-state index in [1.807, 2.05) is 0 Å². The molecule has 2 heterocycles. The third-order valence-electron chi connectivity index (χ3n) is 9.24. The van der Waals surface area contributed by atoms with Crippen LogP contribution in [0.15, 0.2) is 170 Å². The fourth-order valence-electron chi connectivity index (χ4n) is 7.26. The lowest BCUT2D eigenvalue weighted by Gasteiger charge is -2.25. The van der Waals surface area contributed by atoms with Gasteiger partial charge in [0.05, 0.1) is 11.4 Å². The Morgan fingerprint density at radius 1 is 0.444 bits per heavy atom. The molecule has 2 heteroatoms. The molecule has 0 aliphatic carbocycles. The van der Waals surface area contributed by atoms with Gasteiger partial charge < -0.3 is 10.2 Å². The molecular weight excluding hydrogens is 544 g/mol. The maximum atomic E-state index is 3.78. The van der Waals surface area contributed by atoms with Gasteiger partial charge in [-0.3, -0.25) is 0 Å². The Balaban J connectivity index is 1.24. The number of fused-ring (bicyclic) bond motifs is 4. The number of rotatable bonds is 4. The third kappa shape index (κ3) is 4.11. The normalized spacial score (nSPS) is 15.6. The van der Waals surface area contributed by atoms with Gasteiger partial charge in [0, 0.05) is 11.8 Å². The second-order valence-corrected chi connectivity index (χ2v) is 11.8. The maximum Gasteiger partial charge on any atom is 0.123 e. The van der Waals surface area contributed by atoms with Crippen molar-refractivity contribution in [2.24, 2.45) is 0 Å².